The molecule has 0 aliphatic heterocycles. The van der Waals surface area contributed by atoms with Crippen molar-refractivity contribution in [2.45, 2.75) is 170 Å². The lowest BCUT2D eigenvalue weighted by atomic mass is 10.0. The average Bonchev–Trinajstić information content (AvgIpc) is 1.68. The molecule has 0 spiro atoms. The molecule has 34 heteroatoms. The highest BCUT2D eigenvalue weighted by atomic mass is 32.2. The molecule has 0 fully saturated rings. The molecule has 0 bridgehead atoms. The number of guanidine groups is 2. The Kier molecular flexibility index (Phi) is 37.5. The van der Waals surface area contributed by atoms with Gasteiger partial charge in [-0.2, -0.15) is 11.8 Å². The molecule has 90 heavy (non-hydrogen) atoms. The van der Waals surface area contributed by atoms with Crippen LogP contribution < -0.4 is 105 Å². The minimum Gasteiger partial charge on any atom is -0.370 e. The van der Waals surface area contributed by atoms with E-state index in [4.69, 9.17) is 57.3 Å². The molecule has 0 radical (unpaired) electrons. The molecule has 1 aromatic heterocycles. The Labute approximate surface area is 528 Å². The van der Waals surface area contributed by atoms with Crippen molar-refractivity contribution in [3.63, 3.8) is 0 Å². The summed E-state index contributed by atoms with van der Waals surface area (Å²) in [5.41, 5.74) is 57.9. The van der Waals surface area contributed by atoms with Crippen LogP contribution in [0.25, 0.3) is 10.9 Å². The Hall–Kier alpha value is -8.34. The van der Waals surface area contributed by atoms with Crippen molar-refractivity contribution < 1.29 is 52.7 Å². The van der Waals surface area contributed by atoms with Crippen LogP contribution in [0.1, 0.15) is 115 Å². The second-order valence-electron chi connectivity index (χ2n) is 21.5. The van der Waals surface area contributed by atoms with Gasteiger partial charge in [-0.1, -0.05) is 24.6 Å². The molecule has 11 amide bonds. The summed E-state index contributed by atoms with van der Waals surface area (Å²) < 4.78 is 0. The summed E-state index contributed by atoms with van der Waals surface area (Å²) in [4.78, 5) is 162. The number of nitrogens with zero attached hydrogens (tertiary/aromatic N) is 2. The van der Waals surface area contributed by atoms with Crippen molar-refractivity contribution >= 4 is 99.6 Å². The number of likely N-dealkylation sites (N-methyl/N-ethyl adjacent to an activating group) is 1. The molecular weight excluding hydrogens is 1190 g/mol. The molecular formula is C56H98N22O11S. The van der Waals surface area contributed by atoms with Gasteiger partial charge in [0.2, 0.25) is 65.0 Å². The van der Waals surface area contributed by atoms with E-state index in [1.807, 2.05) is 24.3 Å². The second kappa shape index (κ2) is 43.4. The number of benzene rings is 1. The topological polar surface area (TPSA) is 597 Å². The van der Waals surface area contributed by atoms with Crippen molar-refractivity contribution in [2.75, 3.05) is 51.8 Å². The quantitative estimate of drug-likeness (QED) is 0.0167. The van der Waals surface area contributed by atoms with Crippen molar-refractivity contribution in [2.24, 2.45) is 67.3 Å². The number of hydrogen-bond donors (Lipinski definition) is 20. The van der Waals surface area contributed by atoms with Crippen LogP contribution in [0.5, 0.6) is 0 Å². The monoisotopic (exact) mass is 1290 g/mol. The summed E-state index contributed by atoms with van der Waals surface area (Å²) in [7, 11) is 1.28. The molecule has 1 aromatic carbocycles. The Bertz CT molecular complexity index is 2710. The lowest BCUT2D eigenvalue weighted by Gasteiger charge is -2.28. The van der Waals surface area contributed by atoms with Gasteiger partial charge in [0, 0.05) is 50.1 Å². The van der Waals surface area contributed by atoms with Crippen LogP contribution in [0.4, 0.5) is 0 Å². The number of nitrogens with one attached hydrogen (secondary N) is 10. The first kappa shape index (κ1) is 77.8. The lowest BCUT2D eigenvalue weighted by molar-refractivity contribution is -0.136. The largest absolute Gasteiger partial charge is 0.370 e. The number of fused-ring (bicyclic) bond motifs is 1. The molecule has 0 unspecified atom stereocenters. The van der Waals surface area contributed by atoms with E-state index in [1.165, 1.54) is 18.8 Å². The zero-order valence-electron chi connectivity index (χ0n) is 51.6. The molecule has 1 heterocycles. The van der Waals surface area contributed by atoms with Gasteiger partial charge in [-0.15, -0.1) is 0 Å². The number of primary amides is 2. The van der Waals surface area contributed by atoms with Crippen LogP contribution in [0.3, 0.4) is 0 Å². The summed E-state index contributed by atoms with van der Waals surface area (Å²) in [6.07, 6.45) is 5.31. The van der Waals surface area contributed by atoms with Crippen LogP contribution >= 0.6 is 11.8 Å². The van der Waals surface area contributed by atoms with Gasteiger partial charge in [0.25, 0.3) is 0 Å². The predicted molar refractivity (Wildman–Crippen MR) is 343 cm³/mol. The summed E-state index contributed by atoms with van der Waals surface area (Å²) in [5.74, 6) is -9.47. The number of H-pyrrole nitrogens is 1. The Morgan fingerprint density at radius 3 is 1.29 bits per heavy atom. The van der Waals surface area contributed by atoms with E-state index in [2.05, 4.69) is 62.8 Å². The van der Waals surface area contributed by atoms with Crippen LogP contribution in [-0.2, 0) is 59.2 Å². The highest BCUT2D eigenvalue weighted by Gasteiger charge is 2.36. The number of amides is 11. The molecule has 0 aliphatic carbocycles. The Balaban J connectivity index is 2.62. The van der Waals surface area contributed by atoms with Gasteiger partial charge in [0.15, 0.2) is 11.9 Å². The van der Waals surface area contributed by atoms with E-state index < -0.39 is 126 Å². The molecule has 0 saturated carbocycles. The van der Waals surface area contributed by atoms with Gasteiger partial charge in [0.05, 0.1) is 12.5 Å². The lowest BCUT2D eigenvalue weighted by Crippen LogP contribution is -2.60. The maximum Gasteiger partial charge on any atom is 0.243 e. The molecule has 9 atom stereocenters. The number of aromatic nitrogens is 1. The van der Waals surface area contributed by atoms with Gasteiger partial charge in [-0.05, 0) is 133 Å². The van der Waals surface area contributed by atoms with Crippen LogP contribution in [0.15, 0.2) is 40.4 Å². The van der Waals surface area contributed by atoms with Gasteiger partial charge < -0.3 is 110 Å². The normalized spacial score (nSPS) is 14.0. The number of para-hydroxylation sites is 1. The third-order valence-electron chi connectivity index (χ3n) is 14.2. The number of rotatable bonds is 47. The summed E-state index contributed by atoms with van der Waals surface area (Å²) in [5, 5.41) is 24.3. The van der Waals surface area contributed by atoms with Crippen LogP contribution in [0, 0.1) is 0 Å². The second-order valence-corrected chi connectivity index (χ2v) is 22.5. The molecule has 2 aromatic rings. The minimum atomic E-state index is -1.72. The van der Waals surface area contributed by atoms with E-state index in [1.54, 1.807) is 12.5 Å². The smallest absolute Gasteiger partial charge is 0.243 e. The fourth-order valence-corrected chi connectivity index (χ4v) is 9.74. The average molecular weight is 1290 g/mol. The van der Waals surface area contributed by atoms with E-state index in [9.17, 15) is 52.7 Å². The van der Waals surface area contributed by atoms with Gasteiger partial charge >= 0.3 is 0 Å². The summed E-state index contributed by atoms with van der Waals surface area (Å²) >= 11 is 1.34. The van der Waals surface area contributed by atoms with Crippen molar-refractivity contribution in [1.82, 2.24) is 52.8 Å². The SMILES string of the molecule is CNC(=O)[C@H](CCC(N)=O)NC(=O)[C@H](CC(N)=O)NC(=O)[C@H](CCCN=C(N)N)NC(=O)[C@H](CCCN=C(N)N)NC(=O)[C@H](CCSC)NC(=O)[C@H](CCCCN)NC(=O)[C@H](Cc1c[nH]c2ccccc12)NC(=O)[C@H](CCCCN)NC(=O)[C@@H](N)CCCCN. The molecule has 2 rings (SSSR count). The molecule has 0 saturated heterocycles. The number of aliphatic imine (C=N–C) groups is 2. The van der Waals surface area contributed by atoms with Crippen LogP contribution in [-0.4, -0.2) is 188 Å². The predicted octanol–water partition coefficient (Wildman–Crippen LogP) is -5.95. The molecule has 504 valence electrons. The summed E-state index contributed by atoms with van der Waals surface area (Å²) in [6, 6.07) is -4.83. The number of unbranched alkanes of at least 4 members (excludes halogenated alkanes) is 3. The van der Waals surface area contributed by atoms with E-state index in [0.717, 1.165) is 10.9 Å². The maximum absolute atomic E-state index is 14.8. The van der Waals surface area contributed by atoms with Gasteiger partial charge in [0.1, 0.15) is 48.3 Å². The fraction of sp³-hybridized carbons (Fsp3) is 0.625. The number of aromatic amines is 1. The first-order valence-electron chi connectivity index (χ1n) is 30.1. The zero-order chi connectivity index (χ0) is 67.1. The van der Waals surface area contributed by atoms with Crippen molar-refractivity contribution in [3.8, 4) is 0 Å². The molecule has 30 N–H and O–H groups in total. The number of carbonyl (C=O) groups is 11. The maximum atomic E-state index is 14.8. The fourth-order valence-electron chi connectivity index (χ4n) is 9.27. The third kappa shape index (κ3) is 30.2. The number of carbonyl (C=O) groups excluding carboxylic acids is 11. The standard InChI is InChI=1S/C56H98N22O11S/c1-67-47(82)40(20-21-44(61)79)75-54(89)43(30-45(62)80)78-51(86)39(19-12-27-69-56(65)66)72-49(84)38(18-11-26-68-55(63)64)73-52(87)41(22-28-90-2)76-48(83)37(17-7-10-25-59)74-53(88)42(29-32-31-70-35-15-4-3-13-33(32)35)77-50(85)36(16-6-9-24-58)71-46(81)34(60)14-5-8-23-57/h3-4,13,15,31,34,36-43,70H,5-12,14,16-30,57-60H2,1-2H3,(H2,61,79)(H2,62,80)(H,67,82)(H,71,81)(H,72,84)(H,73,87)(H,74,88)(H,75,89)(H,76,83)(H,77,85)(H,78,86)(H4,63,64,68)(H4,65,66,69)/t34-,36-,37-,38-,39-,40-,41-,42-,43-/m0/s1. The molecule has 33 nitrogen and oxygen atoms in total. The Morgan fingerprint density at radius 2 is 0.856 bits per heavy atom. The Morgan fingerprint density at radius 1 is 0.467 bits per heavy atom. The number of thioether (sulfide) groups is 1. The highest BCUT2D eigenvalue weighted by molar-refractivity contribution is 7.98. The zero-order valence-corrected chi connectivity index (χ0v) is 52.4. The van der Waals surface area contributed by atoms with Crippen LogP contribution in [0.2, 0.25) is 0 Å². The summed E-state index contributed by atoms with van der Waals surface area (Å²) in [6.45, 7) is 0.919. The van der Waals surface area contributed by atoms with Crippen molar-refractivity contribution in [1.29, 1.82) is 0 Å². The van der Waals surface area contributed by atoms with E-state index in [0.29, 0.717) is 69.4 Å². The highest BCUT2D eigenvalue weighted by Crippen LogP contribution is 2.20. The molecule has 0 aliphatic rings. The van der Waals surface area contributed by atoms with Gasteiger partial charge in [-0.3, -0.25) is 62.7 Å². The van der Waals surface area contributed by atoms with Gasteiger partial charge in [-0.25, -0.2) is 0 Å². The first-order valence-corrected chi connectivity index (χ1v) is 31.5. The third-order valence-corrected chi connectivity index (χ3v) is 14.8. The number of nitrogens with two attached hydrogens (primary N) is 10. The first-order chi connectivity index (χ1) is 42.9. The van der Waals surface area contributed by atoms with E-state index >= 15 is 0 Å². The minimum absolute atomic E-state index is 0.000173. The van der Waals surface area contributed by atoms with Crippen molar-refractivity contribution in [3.05, 3.63) is 36.0 Å². The number of hydrogen-bond acceptors (Lipinski definition) is 18. The van der Waals surface area contributed by atoms with E-state index in [-0.39, 0.29) is 95.8 Å².